The fraction of sp³-hybridized carbons (Fsp3) is 0.387. The molecule has 2 atom stereocenters. The van der Waals surface area contributed by atoms with Crippen molar-refractivity contribution < 1.29 is 28.5 Å². The van der Waals surface area contributed by atoms with Crippen molar-refractivity contribution in [1.82, 2.24) is 9.80 Å². The maximum absolute atomic E-state index is 13.1. The number of methoxy groups -OCH3 is 2. The molecule has 2 aliphatic rings. The molecule has 3 aromatic rings. The van der Waals surface area contributed by atoms with Crippen LogP contribution in [0.25, 0.3) is 0 Å². The molecule has 0 N–H and O–H groups in total. The van der Waals surface area contributed by atoms with Crippen LogP contribution in [0.3, 0.4) is 0 Å². The summed E-state index contributed by atoms with van der Waals surface area (Å²) in [5.74, 6) is 4.00. The van der Waals surface area contributed by atoms with E-state index in [-0.39, 0.29) is 18.9 Å². The van der Waals surface area contributed by atoms with E-state index in [4.69, 9.17) is 23.7 Å². The zero-order valence-electron chi connectivity index (χ0n) is 22.8. The molecule has 8 nitrogen and oxygen atoms in total. The highest BCUT2D eigenvalue weighted by Crippen LogP contribution is 2.43. The minimum atomic E-state index is -0.338. The lowest BCUT2D eigenvalue weighted by Crippen LogP contribution is -2.40. The highest BCUT2D eigenvalue weighted by molar-refractivity contribution is 5.70. The number of hydrogen-bond donors (Lipinski definition) is 0. The van der Waals surface area contributed by atoms with Gasteiger partial charge in [0, 0.05) is 32.2 Å². The lowest BCUT2D eigenvalue weighted by atomic mass is 9.93. The monoisotopic (exact) mass is 532 g/mol. The van der Waals surface area contributed by atoms with Gasteiger partial charge in [0.15, 0.2) is 11.5 Å². The maximum atomic E-state index is 13.1. The quantitative estimate of drug-likeness (QED) is 0.323. The summed E-state index contributed by atoms with van der Waals surface area (Å²) in [7, 11) is 3.29. The van der Waals surface area contributed by atoms with Crippen LogP contribution in [0, 0.1) is 0 Å². The summed E-state index contributed by atoms with van der Waals surface area (Å²) in [5.41, 5.74) is 2.48. The second-order valence-electron chi connectivity index (χ2n) is 9.86. The Morgan fingerprint density at radius 3 is 2.21 bits per heavy atom. The Morgan fingerprint density at radius 2 is 1.51 bits per heavy atom. The SMILES string of the molecule is CCCN(CCN1C[C@@H](c2ccc3c(c2)OCO3)C[C@@H]1c1ccc(OC)cc1)C(=O)Oc1ccc(OC)cc1. The van der Waals surface area contributed by atoms with Crippen LogP contribution >= 0.6 is 0 Å². The molecule has 0 spiro atoms. The van der Waals surface area contributed by atoms with Crippen LogP contribution in [0.5, 0.6) is 28.7 Å². The molecule has 1 amide bonds. The van der Waals surface area contributed by atoms with Gasteiger partial charge in [-0.15, -0.1) is 0 Å². The Bertz CT molecular complexity index is 1250. The first-order valence-electron chi connectivity index (χ1n) is 13.5. The number of benzene rings is 3. The molecule has 0 unspecified atom stereocenters. The van der Waals surface area contributed by atoms with Crippen molar-refractivity contribution in [3.8, 4) is 28.7 Å². The fourth-order valence-corrected chi connectivity index (χ4v) is 5.35. The van der Waals surface area contributed by atoms with Crippen molar-refractivity contribution in [3.05, 3.63) is 77.9 Å². The van der Waals surface area contributed by atoms with Crippen LogP contribution in [0.15, 0.2) is 66.7 Å². The van der Waals surface area contributed by atoms with Gasteiger partial charge in [0.25, 0.3) is 0 Å². The van der Waals surface area contributed by atoms with Gasteiger partial charge in [0.05, 0.1) is 14.2 Å². The summed E-state index contributed by atoms with van der Waals surface area (Å²) >= 11 is 0. The summed E-state index contributed by atoms with van der Waals surface area (Å²) in [4.78, 5) is 17.4. The van der Waals surface area contributed by atoms with Gasteiger partial charge in [-0.05, 0) is 78.4 Å². The minimum absolute atomic E-state index is 0.215. The number of likely N-dealkylation sites (tertiary alicyclic amines) is 1. The second kappa shape index (κ2) is 12.3. The summed E-state index contributed by atoms with van der Waals surface area (Å²) in [5, 5.41) is 0. The van der Waals surface area contributed by atoms with Crippen molar-refractivity contribution in [2.24, 2.45) is 0 Å². The number of nitrogens with zero attached hydrogens (tertiary/aromatic N) is 2. The van der Waals surface area contributed by atoms with Crippen LogP contribution in [0.4, 0.5) is 4.79 Å². The van der Waals surface area contributed by atoms with Gasteiger partial charge in [-0.3, -0.25) is 4.90 Å². The van der Waals surface area contributed by atoms with Crippen molar-refractivity contribution in [1.29, 1.82) is 0 Å². The smallest absolute Gasteiger partial charge is 0.415 e. The largest absolute Gasteiger partial charge is 0.497 e. The van der Waals surface area contributed by atoms with Gasteiger partial charge < -0.3 is 28.6 Å². The molecule has 2 heterocycles. The molecule has 0 bridgehead atoms. The molecule has 2 aliphatic heterocycles. The van der Waals surface area contributed by atoms with E-state index >= 15 is 0 Å². The van der Waals surface area contributed by atoms with Crippen molar-refractivity contribution in [2.75, 3.05) is 47.2 Å². The van der Waals surface area contributed by atoms with Crippen LogP contribution in [-0.2, 0) is 0 Å². The summed E-state index contributed by atoms with van der Waals surface area (Å²) in [6.07, 6.45) is 1.48. The van der Waals surface area contributed by atoms with Crippen LogP contribution in [0.1, 0.15) is 42.9 Å². The first kappa shape index (κ1) is 26.7. The average Bonchev–Trinajstić information content (AvgIpc) is 3.62. The Kier molecular flexibility index (Phi) is 8.42. The molecule has 39 heavy (non-hydrogen) atoms. The number of rotatable bonds is 10. The van der Waals surface area contributed by atoms with Crippen LogP contribution < -0.4 is 23.7 Å². The van der Waals surface area contributed by atoms with E-state index in [1.54, 1.807) is 43.4 Å². The molecule has 0 aromatic heterocycles. The first-order valence-corrected chi connectivity index (χ1v) is 13.5. The van der Waals surface area contributed by atoms with Gasteiger partial charge in [-0.1, -0.05) is 25.1 Å². The van der Waals surface area contributed by atoms with Crippen LogP contribution in [-0.4, -0.2) is 63.1 Å². The molecule has 5 rings (SSSR count). The van der Waals surface area contributed by atoms with Crippen molar-refractivity contribution in [3.63, 3.8) is 0 Å². The van der Waals surface area contributed by atoms with Gasteiger partial charge in [-0.2, -0.15) is 0 Å². The number of carbonyl (C=O) groups is 1. The molecule has 0 aliphatic carbocycles. The normalized spacial score (nSPS) is 18.1. The lowest BCUT2D eigenvalue weighted by molar-refractivity contribution is 0.140. The van der Waals surface area contributed by atoms with Crippen molar-refractivity contribution in [2.45, 2.75) is 31.7 Å². The molecule has 3 aromatic carbocycles. The van der Waals surface area contributed by atoms with Gasteiger partial charge >= 0.3 is 6.09 Å². The van der Waals surface area contributed by atoms with E-state index in [0.29, 0.717) is 24.8 Å². The number of ether oxygens (including phenoxy) is 5. The Hall–Kier alpha value is -3.91. The zero-order valence-corrected chi connectivity index (χ0v) is 22.8. The topological polar surface area (TPSA) is 69.7 Å². The molecule has 1 fully saturated rings. The lowest BCUT2D eigenvalue weighted by Gasteiger charge is -2.28. The number of hydrogen-bond acceptors (Lipinski definition) is 7. The summed E-state index contributed by atoms with van der Waals surface area (Å²) < 4.78 is 27.4. The van der Waals surface area contributed by atoms with E-state index < -0.39 is 0 Å². The van der Waals surface area contributed by atoms with Gasteiger partial charge in [0.2, 0.25) is 6.79 Å². The molecular weight excluding hydrogens is 496 g/mol. The predicted molar refractivity (Wildman–Crippen MR) is 148 cm³/mol. The fourth-order valence-electron chi connectivity index (χ4n) is 5.35. The van der Waals surface area contributed by atoms with E-state index in [2.05, 4.69) is 36.1 Å². The molecule has 0 radical (unpaired) electrons. The Morgan fingerprint density at radius 1 is 0.872 bits per heavy atom. The highest BCUT2D eigenvalue weighted by atomic mass is 16.7. The average molecular weight is 533 g/mol. The Labute approximate surface area is 230 Å². The minimum Gasteiger partial charge on any atom is -0.497 e. The van der Waals surface area contributed by atoms with Gasteiger partial charge in [-0.25, -0.2) is 4.79 Å². The molecular formula is C31H36N2O6. The van der Waals surface area contributed by atoms with E-state index in [1.807, 2.05) is 18.2 Å². The zero-order chi connectivity index (χ0) is 27.2. The summed E-state index contributed by atoms with van der Waals surface area (Å²) in [6.45, 7) is 5.15. The van der Waals surface area contributed by atoms with E-state index in [0.717, 1.165) is 48.9 Å². The predicted octanol–water partition coefficient (Wildman–Crippen LogP) is 5.87. The third-order valence-electron chi connectivity index (χ3n) is 7.45. The molecule has 8 heteroatoms. The summed E-state index contributed by atoms with van der Waals surface area (Å²) in [6, 6.07) is 21.8. The van der Waals surface area contributed by atoms with Gasteiger partial charge in [0.1, 0.15) is 17.2 Å². The Balaban J connectivity index is 1.30. The van der Waals surface area contributed by atoms with Crippen molar-refractivity contribution >= 4 is 6.09 Å². The highest BCUT2D eigenvalue weighted by Gasteiger charge is 2.35. The number of carbonyl (C=O) groups excluding carboxylic acids is 1. The molecule has 1 saturated heterocycles. The molecule has 206 valence electrons. The van der Waals surface area contributed by atoms with E-state index in [1.165, 1.54) is 11.1 Å². The number of amides is 1. The standard InChI is InChI=1S/C31H36N2O6/c1-4-15-32(31(34)39-27-12-10-26(36-3)11-13-27)16-17-33-20-24(23-7-14-29-30(19-23)38-21-37-29)18-28(33)22-5-8-25(35-2)9-6-22/h5-14,19,24,28H,4,15-18,20-21H2,1-3H3/t24-,28+/m0/s1. The third kappa shape index (κ3) is 6.23. The maximum Gasteiger partial charge on any atom is 0.415 e. The third-order valence-corrected chi connectivity index (χ3v) is 7.45. The van der Waals surface area contributed by atoms with E-state index in [9.17, 15) is 4.79 Å². The number of fused-ring (bicyclic) bond motifs is 1. The first-order chi connectivity index (χ1) is 19.1. The molecule has 0 saturated carbocycles. The second-order valence-corrected chi connectivity index (χ2v) is 9.86. The van der Waals surface area contributed by atoms with Crippen LogP contribution in [0.2, 0.25) is 0 Å².